The normalized spacial score (nSPS) is 10.1. The molecule has 0 aliphatic rings. The highest BCUT2D eigenvalue weighted by Gasteiger charge is 2.22. The zero-order chi connectivity index (χ0) is 28.7. The van der Waals surface area contributed by atoms with Crippen LogP contribution in [0.2, 0.25) is 5.02 Å². The molecule has 1 amide bonds. The molecule has 0 fully saturated rings. The van der Waals surface area contributed by atoms with Gasteiger partial charge in [-0.05, 0) is 18.2 Å². The number of nitrogens with zero attached hydrogens (tertiary/aromatic N) is 2. The first kappa shape index (κ1) is 29.3. The van der Waals surface area contributed by atoms with Gasteiger partial charge in [-0.1, -0.05) is 11.6 Å². The van der Waals surface area contributed by atoms with Gasteiger partial charge in [0.1, 0.15) is 34.4 Å². The van der Waals surface area contributed by atoms with Gasteiger partial charge in [-0.25, -0.2) is 18.0 Å². The van der Waals surface area contributed by atoms with Crippen molar-refractivity contribution in [3.8, 4) is 0 Å². The second-order valence-corrected chi connectivity index (χ2v) is 7.51. The summed E-state index contributed by atoms with van der Waals surface area (Å²) in [7, 11) is 2.77. The Labute approximate surface area is 216 Å². The van der Waals surface area contributed by atoms with Crippen molar-refractivity contribution >= 4 is 51.9 Å². The Bertz CT molecular complexity index is 1440. The van der Waals surface area contributed by atoms with Crippen molar-refractivity contribution in [2.45, 2.75) is 0 Å². The van der Waals surface area contributed by atoms with E-state index in [9.17, 15) is 43.0 Å². The summed E-state index contributed by atoms with van der Waals surface area (Å²) in [6.07, 6.45) is 0. The highest BCUT2D eigenvalue weighted by molar-refractivity contribution is 6.31. The summed E-state index contributed by atoms with van der Waals surface area (Å²) < 4.78 is 40.1. The molecule has 3 aromatic rings. The van der Waals surface area contributed by atoms with E-state index >= 15 is 0 Å². The number of rotatable bonds is 7. The number of nitrogens with one attached hydrogen (secondary N) is 3. The summed E-state index contributed by atoms with van der Waals surface area (Å²) in [5, 5.41) is 37.0. The molecule has 0 saturated heterocycles. The largest absolute Gasteiger partial charge is 0.478 e. The first-order valence-corrected chi connectivity index (χ1v) is 10.5. The minimum atomic E-state index is -1.54. The van der Waals surface area contributed by atoms with E-state index < -0.39 is 61.7 Å². The maximum atomic E-state index is 14.0. The molecule has 0 saturated carbocycles. The molecule has 38 heavy (non-hydrogen) atoms. The summed E-state index contributed by atoms with van der Waals surface area (Å²) in [4.78, 5) is 42.5. The van der Waals surface area contributed by atoms with Crippen LogP contribution >= 0.6 is 11.6 Å². The van der Waals surface area contributed by atoms with Crippen LogP contribution in [0.3, 0.4) is 0 Å². The number of carbonyl (C=O) groups excluding carboxylic acids is 1. The molecule has 0 aliphatic carbocycles. The molecule has 16 heteroatoms. The van der Waals surface area contributed by atoms with E-state index in [4.69, 9.17) is 16.7 Å². The van der Waals surface area contributed by atoms with E-state index in [0.717, 1.165) is 30.3 Å². The highest BCUT2D eigenvalue weighted by Crippen LogP contribution is 2.29. The van der Waals surface area contributed by atoms with Crippen LogP contribution in [-0.2, 0) is 0 Å². The fraction of sp³-hybridized carbons (Fsp3) is 0.0909. The summed E-state index contributed by atoms with van der Waals surface area (Å²) >= 11 is 5.58. The second-order valence-electron chi connectivity index (χ2n) is 7.10. The zero-order valence-electron chi connectivity index (χ0n) is 19.3. The Hall–Kier alpha value is -4.92. The van der Waals surface area contributed by atoms with Crippen LogP contribution in [0.5, 0.6) is 0 Å². The van der Waals surface area contributed by atoms with Crippen molar-refractivity contribution in [2.24, 2.45) is 0 Å². The lowest BCUT2D eigenvalue weighted by Gasteiger charge is -2.09. The monoisotopic (exact) mass is 555 g/mol. The van der Waals surface area contributed by atoms with Gasteiger partial charge in [-0.15, -0.1) is 0 Å². The summed E-state index contributed by atoms with van der Waals surface area (Å²) in [5.74, 6) is -5.10. The van der Waals surface area contributed by atoms with Crippen LogP contribution in [0.4, 0.5) is 41.6 Å². The molecule has 0 aromatic heterocycles. The van der Waals surface area contributed by atoms with Crippen LogP contribution in [0.25, 0.3) is 0 Å². The van der Waals surface area contributed by atoms with Gasteiger partial charge in [0.15, 0.2) is 0 Å². The third-order valence-corrected chi connectivity index (χ3v) is 5.04. The average molecular weight is 556 g/mol. The molecule has 0 atom stereocenters. The van der Waals surface area contributed by atoms with Crippen molar-refractivity contribution in [1.82, 2.24) is 0 Å². The van der Waals surface area contributed by atoms with Gasteiger partial charge in [0.2, 0.25) is 0 Å². The van der Waals surface area contributed by atoms with Gasteiger partial charge in [-0.3, -0.25) is 25.0 Å². The van der Waals surface area contributed by atoms with Crippen molar-refractivity contribution in [2.75, 3.05) is 30.0 Å². The van der Waals surface area contributed by atoms with Gasteiger partial charge in [0.25, 0.3) is 17.3 Å². The molecule has 0 unspecified atom stereocenters. The number of hydrogen-bond donors (Lipinski definition) is 4. The lowest BCUT2D eigenvalue weighted by molar-refractivity contribution is -0.384. The maximum Gasteiger partial charge on any atom is 0.338 e. The lowest BCUT2D eigenvalue weighted by Crippen LogP contribution is -2.15. The van der Waals surface area contributed by atoms with Crippen molar-refractivity contribution in [1.29, 1.82) is 0 Å². The third kappa shape index (κ3) is 6.85. The van der Waals surface area contributed by atoms with E-state index in [0.29, 0.717) is 6.07 Å². The number of carbonyl (C=O) groups is 2. The minimum Gasteiger partial charge on any atom is -0.478 e. The number of hydrogen-bond acceptors (Lipinski definition) is 8. The Morgan fingerprint density at radius 1 is 0.816 bits per heavy atom. The summed E-state index contributed by atoms with van der Waals surface area (Å²) in [6.45, 7) is 0. The molecule has 3 aromatic carbocycles. The fourth-order valence-electron chi connectivity index (χ4n) is 2.94. The van der Waals surface area contributed by atoms with Crippen LogP contribution < -0.4 is 16.0 Å². The minimum absolute atomic E-state index is 0.0612. The first-order chi connectivity index (χ1) is 17.8. The van der Waals surface area contributed by atoms with Crippen molar-refractivity contribution in [3.05, 3.63) is 96.3 Å². The molecule has 0 radical (unpaired) electrons. The molecule has 0 heterocycles. The molecule has 0 aliphatic heterocycles. The number of amides is 1. The molecular weight excluding hydrogens is 539 g/mol. The topological polar surface area (TPSA) is 177 Å². The van der Waals surface area contributed by atoms with Crippen LogP contribution in [-0.4, -0.2) is 40.9 Å². The zero-order valence-corrected chi connectivity index (χ0v) is 20.1. The van der Waals surface area contributed by atoms with E-state index in [2.05, 4.69) is 16.0 Å². The Morgan fingerprint density at radius 3 is 1.71 bits per heavy atom. The second kappa shape index (κ2) is 12.4. The van der Waals surface area contributed by atoms with E-state index in [-0.39, 0.29) is 22.1 Å². The SMILES string of the molecule is CNc1cc(F)c(C(=O)Nc2ccc(F)c(Cl)c2)cc1[N+](=O)[O-].CNc1cc(F)c(C(=O)O)cc1[N+](=O)[O-]. The number of benzene rings is 3. The molecular formula is C22H17ClF3N5O7. The predicted octanol–water partition coefficient (Wildman–Crippen LogP) is 5.29. The standard InChI is InChI=1S/C14H10ClF2N3O3.C8H7FN2O4/c1-18-12-6-11(17)8(5-13(12)20(22)23)14(21)19-7-2-3-10(16)9(15)4-7;1-10-6-3-5(9)4(8(12)13)2-7(6)11(14)15/h2-6,18H,1H3,(H,19,21);2-3,10H,1H3,(H,12,13). The quantitative estimate of drug-likeness (QED) is 0.222. The molecule has 12 nitrogen and oxygen atoms in total. The first-order valence-electron chi connectivity index (χ1n) is 10.1. The number of halogens is 4. The number of carboxylic acid groups (broad SMARTS) is 1. The molecule has 0 bridgehead atoms. The molecule has 3 rings (SSSR count). The smallest absolute Gasteiger partial charge is 0.338 e. The fourth-order valence-corrected chi connectivity index (χ4v) is 3.12. The van der Waals surface area contributed by atoms with Crippen molar-refractivity contribution in [3.63, 3.8) is 0 Å². The number of carboxylic acids is 1. The maximum absolute atomic E-state index is 14.0. The number of nitro groups is 2. The van der Waals surface area contributed by atoms with Gasteiger partial charge >= 0.3 is 5.97 Å². The van der Waals surface area contributed by atoms with Gasteiger partial charge < -0.3 is 21.1 Å². The Kier molecular flexibility index (Phi) is 9.53. The molecule has 200 valence electrons. The number of anilines is 3. The summed E-state index contributed by atoms with van der Waals surface area (Å²) in [6, 6.07) is 6.54. The Morgan fingerprint density at radius 2 is 1.29 bits per heavy atom. The Balaban J connectivity index is 0.000000293. The van der Waals surface area contributed by atoms with Gasteiger partial charge in [0, 0.05) is 44.0 Å². The average Bonchev–Trinajstić information content (AvgIpc) is 2.85. The molecule has 0 spiro atoms. The van der Waals surface area contributed by atoms with Crippen molar-refractivity contribution < 1.29 is 37.7 Å². The predicted molar refractivity (Wildman–Crippen MR) is 132 cm³/mol. The van der Waals surface area contributed by atoms with Crippen LogP contribution in [0.15, 0.2) is 42.5 Å². The van der Waals surface area contributed by atoms with E-state index in [1.165, 1.54) is 20.2 Å². The number of nitro benzene ring substituents is 2. The highest BCUT2D eigenvalue weighted by atomic mass is 35.5. The number of aromatic carboxylic acids is 1. The van der Waals surface area contributed by atoms with Crippen LogP contribution in [0.1, 0.15) is 20.7 Å². The summed E-state index contributed by atoms with van der Waals surface area (Å²) in [5.41, 5.74) is -2.16. The van der Waals surface area contributed by atoms with E-state index in [1.807, 2.05) is 0 Å². The van der Waals surface area contributed by atoms with Gasteiger partial charge in [0.05, 0.1) is 20.4 Å². The lowest BCUT2D eigenvalue weighted by atomic mass is 10.1. The van der Waals surface area contributed by atoms with Gasteiger partial charge in [-0.2, -0.15) is 0 Å². The van der Waals surface area contributed by atoms with E-state index in [1.54, 1.807) is 0 Å². The molecule has 4 N–H and O–H groups in total. The van der Waals surface area contributed by atoms with Crippen LogP contribution in [0, 0.1) is 37.7 Å². The third-order valence-electron chi connectivity index (χ3n) is 4.76.